The van der Waals surface area contributed by atoms with Gasteiger partial charge < -0.3 is 10.1 Å². The van der Waals surface area contributed by atoms with Gasteiger partial charge in [0, 0.05) is 13.2 Å². The van der Waals surface area contributed by atoms with Gasteiger partial charge in [-0.3, -0.25) is 14.2 Å². The van der Waals surface area contributed by atoms with Crippen molar-refractivity contribution >= 4 is 17.1 Å². The molecule has 9 nitrogen and oxygen atoms in total. The smallest absolute Gasteiger partial charge is 0.284 e. The molecule has 1 aliphatic rings. The molecule has 4 rings (SSSR count). The number of nitrogens with zero attached hydrogens (tertiary/aromatic N) is 5. The maximum absolute atomic E-state index is 12.6. The van der Waals surface area contributed by atoms with E-state index in [2.05, 4.69) is 20.6 Å². The SMILES string of the molecule is Cc1cccc(-n2nnc3c(=O)n(CC(=O)NC[C@H]4CCCO4)cnc32)c1. The highest BCUT2D eigenvalue weighted by atomic mass is 16.5. The summed E-state index contributed by atoms with van der Waals surface area (Å²) in [5.74, 6) is -0.264. The van der Waals surface area contributed by atoms with E-state index in [4.69, 9.17) is 4.74 Å². The van der Waals surface area contributed by atoms with Crippen molar-refractivity contribution < 1.29 is 9.53 Å². The number of aryl methyl sites for hydroxylation is 1. The van der Waals surface area contributed by atoms with E-state index in [9.17, 15) is 9.59 Å². The normalized spacial score (nSPS) is 16.7. The molecule has 3 aromatic rings. The van der Waals surface area contributed by atoms with Gasteiger partial charge in [0.15, 0.2) is 11.2 Å². The molecule has 1 atom stereocenters. The summed E-state index contributed by atoms with van der Waals surface area (Å²) < 4.78 is 8.23. The van der Waals surface area contributed by atoms with E-state index in [1.165, 1.54) is 15.6 Å². The molecule has 0 radical (unpaired) electrons. The van der Waals surface area contributed by atoms with Gasteiger partial charge in [-0.25, -0.2) is 4.98 Å². The van der Waals surface area contributed by atoms with Crippen molar-refractivity contribution in [3.05, 3.63) is 46.5 Å². The Kier molecular flexibility index (Phi) is 4.68. The molecular weight excluding hydrogens is 348 g/mol. The molecule has 3 heterocycles. The standard InChI is InChI=1S/C18H20N6O3/c1-12-4-2-5-13(8-12)24-17-16(21-22-24)18(26)23(11-20-17)10-15(25)19-9-14-6-3-7-27-14/h2,4-5,8,11,14H,3,6-7,9-10H2,1H3,(H,19,25)/t14-/m1/s1. The van der Waals surface area contributed by atoms with Crippen LogP contribution >= 0.6 is 0 Å². The Morgan fingerprint density at radius 1 is 1.41 bits per heavy atom. The lowest BCUT2D eigenvalue weighted by molar-refractivity contribution is -0.122. The van der Waals surface area contributed by atoms with Crippen molar-refractivity contribution in [3.8, 4) is 5.69 Å². The zero-order valence-corrected chi connectivity index (χ0v) is 15.0. The van der Waals surface area contributed by atoms with E-state index in [1.807, 2.05) is 31.2 Å². The van der Waals surface area contributed by atoms with Gasteiger partial charge in [0.2, 0.25) is 5.91 Å². The average Bonchev–Trinajstić information content (AvgIpc) is 3.32. The highest BCUT2D eigenvalue weighted by molar-refractivity contribution is 5.76. The zero-order chi connectivity index (χ0) is 18.8. The monoisotopic (exact) mass is 368 g/mol. The fraction of sp³-hybridized carbons (Fsp3) is 0.389. The highest BCUT2D eigenvalue weighted by Gasteiger charge is 2.18. The topological polar surface area (TPSA) is 104 Å². The molecule has 1 amide bonds. The number of carbonyl (C=O) groups is 1. The van der Waals surface area contributed by atoms with Gasteiger partial charge >= 0.3 is 0 Å². The van der Waals surface area contributed by atoms with Crippen LogP contribution in [0.3, 0.4) is 0 Å². The van der Waals surface area contributed by atoms with Crippen LogP contribution in [0.25, 0.3) is 16.9 Å². The molecule has 0 bridgehead atoms. The molecule has 1 aromatic carbocycles. The highest BCUT2D eigenvalue weighted by Crippen LogP contribution is 2.13. The zero-order valence-electron chi connectivity index (χ0n) is 15.0. The molecule has 0 spiro atoms. The predicted octanol–water partition coefficient (Wildman–Crippen LogP) is 0.581. The Morgan fingerprint density at radius 3 is 3.07 bits per heavy atom. The average molecular weight is 368 g/mol. The molecule has 1 saturated heterocycles. The molecule has 0 saturated carbocycles. The molecular formula is C18H20N6O3. The minimum Gasteiger partial charge on any atom is -0.376 e. The summed E-state index contributed by atoms with van der Waals surface area (Å²) in [7, 11) is 0. The number of rotatable bonds is 5. The summed E-state index contributed by atoms with van der Waals surface area (Å²) in [6, 6.07) is 7.67. The summed E-state index contributed by atoms with van der Waals surface area (Å²) in [5, 5.41) is 10.8. The maximum Gasteiger partial charge on any atom is 0.284 e. The fourth-order valence-corrected chi connectivity index (χ4v) is 3.13. The van der Waals surface area contributed by atoms with Crippen LogP contribution in [0.5, 0.6) is 0 Å². The van der Waals surface area contributed by atoms with Crippen LogP contribution in [-0.2, 0) is 16.1 Å². The first-order chi connectivity index (χ1) is 13.1. The van der Waals surface area contributed by atoms with Gasteiger partial charge in [-0.1, -0.05) is 17.3 Å². The van der Waals surface area contributed by atoms with Crippen LogP contribution in [0.1, 0.15) is 18.4 Å². The van der Waals surface area contributed by atoms with Crippen molar-refractivity contribution in [2.24, 2.45) is 0 Å². The summed E-state index contributed by atoms with van der Waals surface area (Å²) in [6.45, 7) is 3.04. The van der Waals surface area contributed by atoms with Crippen molar-refractivity contribution in [1.29, 1.82) is 0 Å². The third kappa shape index (κ3) is 3.59. The number of fused-ring (bicyclic) bond motifs is 1. The summed E-state index contributed by atoms with van der Waals surface area (Å²) in [6.07, 6.45) is 3.36. The molecule has 0 unspecified atom stereocenters. The number of ether oxygens (including phenoxy) is 1. The Bertz CT molecular complexity index is 1030. The van der Waals surface area contributed by atoms with Gasteiger partial charge in [0.1, 0.15) is 12.9 Å². The second-order valence-electron chi connectivity index (χ2n) is 6.63. The Labute approximate surface area is 155 Å². The second kappa shape index (κ2) is 7.28. The quantitative estimate of drug-likeness (QED) is 0.707. The van der Waals surface area contributed by atoms with E-state index in [0.29, 0.717) is 12.2 Å². The Morgan fingerprint density at radius 2 is 2.30 bits per heavy atom. The lowest BCUT2D eigenvalue weighted by atomic mass is 10.2. The summed E-state index contributed by atoms with van der Waals surface area (Å²) in [5.41, 5.74) is 1.93. The Hall–Kier alpha value is -3.07. The van der Waals surface area contributed by atoms with Crippen molar-refractivity contribution in [1.82, 2.24) is 29.9 Å². The van der Waals surface area contributed by atoms with Crippen molar-refractivity contribution in [3.63, 3.8) is 0 Å². The van der Waals surface area contributed by atoms with Gasteiger partial charge in [0.05, 0.1) is 11.8 Å². The van der Waals surface area contributed by atoms with E-state index < -0.39 is 5.56 Å². The van der Waals surface area contributed by atoms with E-state index in [0.717, 1.165) is 30.7 Å². The number of nitrogens with one attached hydrogen (secondary N) is 1. The third-order valence-electron chi connectivity index (χ3n) is 4.54. The number of aromatic nitrogens is 5. The number of benzene rings is 1. The predicted molar refractivity (Wildman–Crippen MR) is 97.6 cm³/mol. The second-order valence-corrected chi connectivity index (χ2v) is 6.63. The molecule has 0 aliphatic carbocycles. The molecule has 1 fully saturated rings. The molecule has 27 heavy (non-hydrogen) atoms. The first-order valence-corrected chi connectivity index (χ1v) is 8.88. The van der Waals surface area contributed by atoms with Crippen LogP contribution in [0.15, 0.2) is 35.4 Å². The molecule has 1 aliphatic heterocycles. The van der Waals surface area contributed by atoms with E-state index in [-0.39, 0.29) is 24.1 Å². The molecule has 140 valence electrons. The lowest BCUT2D eigenvalue weighted by Crippen LogP contribution is -2.36. The van der Waals surface area contributed by atoms with E-state index in [1.54, 1.807) is 0 Å². The van der Waals surface area contributed by atoms with Crippen molar-refractivity contribution in [2.45, 2.75) is 32.4 Å². The van der Waals surface area contributed by atoms with Gasteiger partial charge in [-0.05, 0) is 37.5 Å². The lowest BCUT2D eigenvalue weighted by Gasteiger charge is -2.11. The number of hydrogen-bond acceptors (Lipinski definition) is 6. The summed E-state index contributed by atoms with van der Waals surface area (Å²) in [4.78, 5) is 29.1. The molecule has 2 aromatic heterocycles. The third-order valence-corrected chi connectivity index (χ3v) is 4.54. The van der Waals surface area contributed by atoms with Crippen LogP contribution < -0.4 is 10.9 Å². The van der Waals surface area contributed by atoms with Crippen molar-refractivity contribution in [2.75, 3.05) is 13.2 Å². The van der Waals surface area contributed by atoms with Crippen LogP contribution in [0, 0.1) is 6.92 Å². The van der Waals surface area contributed by atoms with E-state index >= 15 is 0 Å². The Balaban J connectivity index is 1.54. The summed E-state index contributed by atoms with van der Waals surface area (Å²) >= 11 is 0. The largest absolute Gasteiger partial charge is 0.376 e. The fourth-order valence-electron chi connectivity index (χ4n) is 3.13. The van der Waals surface area contributed by atoms with Crippen LogP contribution in [-0.4, -0.2) is 49.7 Å². The minimum absolute atomic E-state index is 0.0560. The van der Waals surface area contributed by atoms with Gasteiger partial charge in [-0.2, -0.15) is 4.68 Å². The minimum atomic E-state index is -0.397. The van der Waals surface area contributed by atoms with Gasteiger partial charge in [0.25, 0.3) is 5.56 Å². The molecule has 1 N–H and O–H groups in total. The maximum atomic E-state index is 12.6. The number of hydrogen-bond donors (Lipinski definition) is 1. The first kappa shape index (κ1) is 17.3. The first-order valence-electron chi connectivity index (χ1n) is 8.88. The van der Waals surface area contributed by atoms with Gasteiger partial charge in [-0.15, -0.1) is 5.10 Å². The number of amides is 1. The van der Waals surface area contributed by atoms with Crippen LogP contribution in [0.2, 0.25) is 0 Å². The molecule has 9 heteroatoms. The van der Waals surface area contributed by atoms with Crippen LogP contribution in [0.4, 0.5) is 0 Å². The number of carbonyl (C=O) groups excluding carboxylic acids is 1.